The molecule has 0 aliphatic heterocycles. The molecule has 2 heterocycles. The summed E-state index contributed by atoms with van der Waals surface area (Å²) >= 11 is 1.30. The van der Waals surface area contributed by atoms with E-state index in [1.807, 2.05) is 0 Å². The highest BCUT2D eigenvalue weighted by Gasteiger charge is 2.13. The van der Waals surface area contributed by atoms with Gasteiger partial charge in [-0.1, -0.05) is 0 Å². The van der Waals surface area contributed by atoms with E-state index < -0.39 is 0 Å². The molecule has 0 bridgehead atoms. The van der Waals surface area contributed by atoms with Crippen molar-refractivity contribution in [3.05, 3.63) is 29.4 Å². The van der Waals surface area contributed by atoms with Gasteiger partial charge in [-0.05, 0) is 13.0 Å². The number of rotatable bonds is 2. The van der Waals surface area contributed by atoms with Crippen LogP contribution in [0.2, 0.25) is 0 Å². The number of carbonyl (C=O) groups is 1. The summed E-state index contributed by atoms with van der Waals surface area (Å²) in [7, 11) is 0. The lowest BCUT2D eigenvalue weighted by Gasteiger charge is -1.95. The third-order valence-electron chi connectivity index (χ3n) is 1.92. The number of aromatic nitrogens is 1. The average Bonchev–Trinajstić information content (AvgIpc) is 2.60. The lowest BCUT2D eigenvalue weighted by Crippen LogP contribution is -2.27. The van der Waals surface area contributed by atoms with Crippen molar-refractivity contribution in [1.29, 1.82) is 0 Å². The summed E-state index contributed by atoms with van der Waals surface area (Å²) in [6.45, 7) is 2.14. The van der Waals surface area contributed by atoms with E-state index in [0.29, 0.717) is 11.5 Å². The van der Waals surface area contributed by atoms with Crippen LogP contribution < -0.4 is 4.73 Å². The molecule has 0 aromatic carbocycles. The number of carbonyl (C=O) groups excluding carboxylic acids is 1. The van der Waals surface area contributed by atoms with Crippen molar-refractivity contribution in [2.24, 2.45) is 0 Å². The van der Waals surface area contributed by atoms with Gasteiger partial charge >= 0.3 is 5.97 Å². The van der Waals surface area contributed by atoms with Crippen LogP contribution in [0.5, 0.6) is 0 Å². The molecule has 0 unspecified atom stereocenters. The highest BCUT2D eigenvalue weighted by molar-refractivity contribution is 7.20. The van der Waals surface area contributed by atoms with Crippen molar-refractivity contribution < 1.29 is 19.5 Å². The minimum Gasteiger partial charge on any atom is -0.462 e. The molecule has 5 heteroatoms. The van der Waals surface area contributed by atoms with Crippen molar-refractivity contribution in [3.8, 4) is 0 Å². The second-order valence-electron chi connectivity index (χ2n) is 2.98. The normalized spacial score (nSPS) is 10.5. The van der Waals surface area contributed by atoms with Crippen LogP contribution in [0.1, 0.15) is 16.6 Å². The molecule has 2 aromatic heterocycles. The maximum absolute atomic E-state index is 11.4. The monoisotopic (exact) mass is 224 g/mol. The first-order valence-corrected chi connectivity index (χ1v) is 5.33. The van der Waals surface area contributed by atoms with Crippen LogP contribution in [-0.2, 0) is 4.74 Å². The molecule has 78 valence electrons. The van der Waals surface area contributed by atoms with Crippen LogP contribution in [0, 0.1) is 0 Å². The van der Waals surface area contributed by atoms with Crippen LogP contribution in [0.25, 0.3) is 10.1 Å². The van der Waals surface area contributed by atoms with Gasteiger partial charge in [-0.25, -0.2) is 4.79 Å². The molecule has 0 atom stereocenters. The molecule has 0 aliphatic carbocycles. The predicted octanol–water partition coefficient (Wildman–Crippen LogP) is 1.60. The summed E-state index contributed by atoms with van der Waals surface area (Å²) in [4.78, 5) is 12.0. The molecule has 1 N–H and O–H groups in total. The van der Waals surface area contributed by atoms with Gasteiger partial charge in [0.2, 0.25) is 12.4 Å². The molecule has 15 heavy (non-hydrogen) atoms. The van der Waals surface area contributed by atoms with Crippen LogP contribution >= 0.6 is 11.3 Å². The Morgan fingerprint density at radius 2 is 2.47 bits per heavy atom. The highest BCUT2D eigenvalue weighted by atomic mass is 32.1. The molecule has 4 nitrogen and oxygen atoms in total. The number of pyridine rings is 1. The molecule has 0 saturated heterocycles. The molecular formula is C10H10NO3S+. The summed E-state index contributed by atoms with van der Waals surface area (Å²) in [6.07, 6.45) is 3.08. The third-order valence-corrected chi connectivity index (χ3v) is 2.99. The van der Waals surface area contributed by atoms with Crippen LogP contribution in [0.4, 0.5) is 0 Å². The first-order valence-electron chi connectivity index (χ1n) is 4.52. The van der Waals surface area contributed by atoms with Crippen LogP contribution in [-0.4, -0.2) is 17.8 Å². The summed E-state index contributed by atoms with van der Waals surface area (Å²) in [6, 6.07) is 3.51. The number of esters is 1. The van der Waals surface area contributed by atoms with Crippen molar-refractivity contribution in [2.45, 2.75) is 6.92 Å². The molecule has 0 amide bonds. The van der Waals surface area contributed by atoms with E-state index in [-0.39, 0.29) is 5.97 Å². The SMILES string of the molecule is CCOC(=O)c1cc2cc[n+](O)cc2s1. The maximum Gasteiger partial charge on any atom is 0.348 e. The minimum atomic E-state index is -0.316. The molecule has 2 rings (SSSR count). The number of hydrogen-bond donors (Lipinski definition) is 1. The standard InChI is InChI=1S/C10H10NO3S/c1-2-14-10(12)8-5-7-3-4-11(13)6-9(7)15-8/h3-6,13H,2H2,1H3/q+1. The van der Waals surface area contributed by atoms with Gasteiger partial charge < -0.3 is 4.74 Å². The van der Waals surface area contributed by atoms with E-state index in [9.17, 15) is 10.0 Å². The first kappa shape index (κ1) is 9.92. The number of ether oxygens (including phenoxy) is 1. The van der Waals surface area contributed by atoms with Crippen molar-refractivity contribution in [3.63, 3.8) is 0 Å². The molecule has 0 saturated carbocycles. The summed E-state index contributed by atoms with van der Waals surface area (Å²) in [5.41, 5.74) is 0. The van der Waals surface area contributed by atoms with Crippen molar-refractivity contribution >= 4 is 27.4 Å². The fourth-order valence-electron chi connectivity index (χ4n) is 1.27. The van der Waals surface area contributed by atoms with Gasteiger partial charge in [0.1, 0.15) is 9.58 Å². The Labute approximate surface area is 90.3 Å². The van der Waals surface area contributed by atoms with Gasteiger partial charge in [0.15, 0.2) is 0 Å². The Hall–Kier alpha value is -1.62. The minimum absolute atomic E-state index is 0.316. The van der Waals surface area contributed by atoms with E-state index >= 15 is 0 Å². The third kappa shape index (κ3) is 1.92. The Morgan fingerprint density at radius 1 is 1.67 bits per heavy atom. The molecular weight excluding hydrogens is 214 g/mol. The largest absolute Gasteiger partial charge is 0.462 e. The molecule has 0 radical (unpaired) electrons. The van der Waals surface area contributed by atoms with Gasteiger partial charge in [-0.15, -0.1) is 11.3 Å². The van der Waals surface area contributed by atoms with Gasteiger partial charge in [0.05, 0.1) is 6.61 Å². The van der Waals surface area contributed by atoms with Gasteiger partial charge in [-0.3, -0.25) is 5.21 Å². The topological polar surface area (TPSA) is 50.4 Å². The fourth-order valence-corrected chi connectivity index (χ4v) is 2.24. The summed E-state index contributed by atoms with van der Waals surface area (Å²) in [5.74, 6) is -0.316. The van der Waals surface area contributed by atoms with Crippen LogP contribution in [0.15, 0.2) is 24.5 Å². The fraction of sp³-hybridized carbons (Fsp3) is 0.200. The quantitative estimate of drug-likeness (QED) is 0.479. The lowest BCUT2D eigenvalue weighted by atomic mass is 10.3. The van der Waals surface area contributed by atoms with Gasteiger partial charge in [0.25, 0.3) is 0 Å². The molecule has 0 spiro atoms. The summed E-state index contributed by atoms with van der Waals surface area (Å²) < 4.78 is 6.71. The van der Waals surface area contributed by atoms with E-state index in [0.717, 1.165) is 14.8 Å². The lowest BCUT2D eigenvalue weighted by molar-refractivity contribution is -0.903. The van der Waals surface area contributed by atoms with Crippen molar-refractivity contribution in [2.75, 3.05) is 6.61 Å². The number of fused-ring (bicyclic) bond motifs is 1. The number of thiophene rings is 1. The van der Waals surface area contributed by atoms with Gasteiger partial charge in [-0.2, -0.15) is 0 Å². The Bertz CT molecular complexity index is 506. The Balaban J connectivity index is 2.42. The second kappa shape index (κ2) is 3.86. The molecule has 0 fully saturated rings. The predicted molar refractivity (Wildman–Crippen MR) is 55.2 cm³/mol. The van der Waals surface area contributed by atoms with E-state index in [2.05, 4.69) is 0 Å². The Morgan fingerprint density at radius 3 is 3.20 bits per heavy atom. The number of nitrogens with zero attached hydrogens (tertiary/aromatic N) is 1. The summed E-state index contributed by atoms with van der Waals surface area (Å²) in [5, 5.41) is 10.1. The second-order valence-corrected chi connectivity index (χ2v) is 4.06. The zero-order chi connectivity index (χ0) is 10.8. The maximum atomic E-state index is 11.4. The zero-order valence-corrected chi connectivity index (χ0v) is 8.95. The van der Waals surface area contributed by atoms with Crippen LogP contribution in [0.3, 0.4) is 0 Å². The van der Waals surface area contributed by atoms with Crippen molar-refractivity contribution in [1.82, 2.24) is 0 Å². The Kier molecular flexibility index (Phi) is 2.55. The first-order chi connectivity index (χ1) is 7.20. The van der Waals surface area contributed by atoms with Gasteiger partial charge in [0, 0.05) is 16.2 Å². The molecule has 0 aliphatic rings. The average molecular weight is 224 g/mol. The zero-order valence-electron chi connectivity index (χ0n) is 8.14. The smallest absolute Gasteiger partial charge is 0.348 e. The molecule has 2 aromatic rings. The van der Waals surface area contributed by atoms with E-state index in [4.69, 9.17) is 4.74 Å². The van der Waals surface area contributed by atoms with E-state index in [1.165, 1.54) is 17.5 Å². The number of hydrogen-bond acceptors (Lipinski definition) is 4. The van der Waals surface area contributed by atoms with E-state index in [1.54, 1.807) is 25.3 Å². The highest BCUT2D eigenvalue weighted by Crippen LogP contribution is 2.24.